The predicted molar refractivity (Wildman–Crippen MR) is 71.8 cm³/mol. The van der Waals surface area contributed by atoms with Crippen LogP contribution in [0.5, 0.6) is 0 Å². The summed E-state index contributed by atoms with van der Waals surface area (Å²) in [6, 6.07) is 3.28. The molecule has 6 nitrogen and oxygen atoms in total. The van der Waals surface area contributed by atoms with Crippen molar-refractivity contribution in [1.29, 1.82) is 0 Å². The summed E-state index contributed by atoms with van der Waals surface area (Å²) in [5.41, 5.74) is 0. The highest BCUT2D eigenvalue weighted by atomic mass is 16.5. The maximum absolute atomic E-state index is 11.9. The largest absolute Gasteiger partial charge is 0.468 e. The van der Waals surface area contributed by atoms with Gasteiger partial charge in [-0.3, -0.25) is 14.5 Å². The Morgan fingerprint density at radius 2 is 2.35 bits per heavy atom. The fraction of sp³-hybridized carbons (Fsp3) is 0.571. The minimum Gasteiger partial charge on any atom is -0.468 e. The van der Waals surface area contributed by atoms with Gasteiger partial charge in [-0.1, -0.05) is 6.42 Å². The molecule has 110 valence electrons. The molecule has 20 heavy (non-hydrogen) atoms. The normalized spacial score (nSPS) is 19.6. The molecule has 1 fully saturated rings. The second-order valence-electron chi connectivity index (χ2n) is 4.86. The van der Waals surface area contributed by atoms with E-state index in [2.05, 4.69) is 5.32 Å². The molecular formula is C14H20N2O4. The average Bonchev–Trinajstić information content (AvgIpc) is 2.98. The first-order valence-corrected chi connectivity index (χ1v) is 6.81. The summed E-state index contributed by atoms with van der Waals surface area (Å²) < 4.78 is 9.94. The van der Waals surface area contributed by atoms with Gasteiger partial charge in [-0.2, -0.15) is 0 Å². The minimum absolute atomic E-state index is 0.114. The van der Waals surface area contributed by atoms with E-state index < -0.39 is 0 Å². The first-order chi connectivity index (χ1) is 9.70. The van der Waals surface area contributed by atoms with Crippen molar-refractivity contribution in [3.63, 3.8) is 0 Å². The molecule has 1 N–H and O–H groups in total. The molecule has 0 saturated carbocycles. The van der Waals surface area contributed by atoms with Crippen molar-refractivity contribution in [2.75, 3.05) is 20.2 Å². The second-order valence-corrected chi connectivity index (χ2v) is 4.86. The summed E-state index contributed by atoms with van der Waals surface area (Å²) in [6.45, 7) is 1.32. The van der Waals surface area contributed by atoms with E-state index in [4.69, 9.17) is 9.15 Å². The number of esters is 1. The van der Waals surface area contributed by atoms with Crippen LogP contribution in [0.25, 0.3) is 0 Å². The number of nitrogens with zero attached hydrogens (tertiary/aromatic N) is 1. The number of carbonyl (C=O) groups is 2. The molecule has 0 spiro atoms. The van der Waals surface area contributed by atoms with Gasteiger partial charge in [0.2, 0.25) is 5.91 Å². The lowest BCUT2D eigenvalue weighted by Crippen LogP contribution is -2.49. The third kappa shape index (κ3) is 3.84. The van der Waals surface area contributed by atoms with Gasteiger partial charge in [-0.05, 0) is 31.5 Å². The SMILES string of the molecule is COC(=O)C1CCCCN1CC(=O)NCc1ccco1. The van der Waals surface area contributed by atoms with Gasteiger partial charge in [0.05, 0.1) is 26.5 Å². The number of rotatable bonds is 5. The van der Waals surface area contributed by atoms with Crippen LogP contribution in [0.3, 0.4) is 0 Å². The summed E-state index contributed by atoms with van der Waals surface area (Å²) in [5.74, 6) is 0.335. The van der Waals surface area contributed by atoms with E-state index >= 15 is 0 Å². The van der Waals surface area contributed by atoms with Crippen LogP contribution in [0.1, 0.15) is 25.0 Å². The van der Waals surface area contributed by atoms with Gasteiger partial charge in [0.15, 0.2) is 0 Å². The summed E-state index contributed by atoms with van der Waals surface area (Å²) >= 11 is 0. The molecule has 0 bridgehead atoms. The zero-order valence-corrected chi connectivity index (χ0v) is 11.6. The maximum atomic E-state index is 11.9. The highest BCUT2D eigenvalue weighted by molar-refractivity contribution is 5.80. The monoisotopic (exact) mass is 280 g/mol. The Morgan fingerprint density at radius 3 is 3.05 bits per heavy atom. The smallest absolute Gasteiger partial charge is 0.323 e. The van der Waals surface area contributed by atoms with Crippen molar-refractivity contribution in [1.82, 2.24) is 10.2 Å². The molecule has 1 aliphatic heterocycles. The van der Waals surface area contributed by atoms with Gasteiger partial charge in [0.1, 0.15) is 11.8 Å². The van der Waals surface area contributed by atoms with Gasteiger partial charge >= 0.3 is 5.97 Å². The lowest BCUT2D eigenvalue weighted by molar-refractivity contribution is -0.148. The van der Waals surface area contributed by atoms with Crippen LogP contribution >= 0.6 is 0 Å². The number of ether oxygens (including phenoxy) is 1. The standard InChI is InChI=1S/C14H20N2O4/c1-19-14(18)12-6-2-3-7-16(12)10-13(17)15-9-11-5-4-8-20-11/h4-5,8,12H,2-3,6-7,9-10H2,1H3,(H,15,17). The molecule has 1 aliphatic rings. The molecule has 1 amide bonds. The summed E-state index contributed by atoms with van der Waals surface area (Å²) in [5, 5.41) is 2.78. The molecule has 0 aliphatic carbocycles. The first kappa shape index (κ1) is 14.6. The maximum Gasteiger partial charge on any atom is 0.323 e. The number of nitrogens with one attached hydrogen (secondary N) is 1. The van der Waals surface area contributed by atoms with Crippen molar-refractivity contribution in [3.8, 4) is 0 Å². The molecule has 0 radical (unpaired) electrons. The number of methoxy groups -OCH3 is 1. The Kier molecular flexibility index (Phi) is 5.17. The van der Waals surface area contributed by atoms with Crippen molar-refractivity contribution < 1.29 is 18.7 Å². The first-order valence-electron chi connectivity index (χ1n) is 6.81. The highest BCUT2D eigenvalue weighted by Crippen LogP contribution is 2.17. The number of furan rings is 1. The number of carbonyl (C=O) groups excluding carboxylic acids is 2. The third-order valence-corrected chi connectivity index (χ3v) is 3.47. The molecule has 2 heterocycles. The lowest BCUT2D eigenvalue weighted by atomic mass is 10.0. The van der Waals surface area contributed by atoms with Gasteiger partial charge in [-0.25, -0.2) is 0 Å². The molecule has 1 saturated heterocycles. The summed E-state index contributed by atoms with van der Waals surface area (Å²) in [7, 11) is 1.38. The second kappa shape index (κ2) is 7.09. The average molecular weight is 280 g/mol. The van der Waals surface area contributed by atoms with Gasteiger partial charge in [0.25, 0.3) is 0 Å². The molecule has 1 aromatic rings. The van der Waals surface area contributed by atoms with E-state index in [9.17, 15) is 9.59 Å². The number of amides is 1. The molecule has 1 aromatic heterocycles. The van der Waals surface area contributed by atoms with Crippen LogP contribution < -0.4 is 5.32 Å². The molecule has 1 atom stereocenters. The molecular weight excluding hydrogens is 260 g/mol. The number of piperidine rings is 1. The molecule has 0 aromatic carbocycles. The van der Waals surface area contributed by atoms with E-state index in [-0.39, 0.29) is 24.5 Å². The van der Waals surface area contributed by atoms with Crippen LogP contribution in [-0.4, -0.2) is 43.0 Å². The van der Waals surface area contributed by atoms with Gasteiger partial charge in [0, 0.05) is 0 Å². The Morgan fingerprint density at radius 1 is 1.50 bits per heavy atom. The Bertz CT molecular complexity index is 444. The van der Waals surface area contributed by atoms with Gasteiger partial charge in [-0.15, -0.1) is 0 Å². The number of hydrogen-bond donors (Lipinski definition) is 1. The predicted octanol–water partition coefficient (Wildman–Crippen LogP) is 0.923. The Balaban J connectivity index is 1.83. The third-order valence-electron chi connectivity index (χ3n) is 3.47. The van der Waals surface area contributed by atoms with Crippen molar-refractivity contribution in [2.24, 2.45) is 0 Å². The zero-order valence-electron chi connectivity index (χ0n) is 11.6. The van der Waals surface area contributed by atoms with E-state index in [1.807, 2.05) is 4.90 Å². The number of hydrogen-bond acceptors (Lipinski definition) is 5. The van der Waals surface area contributed by atoms with Crippen LogP contribution in [0, 0.1) is 0 Å². The Hall–Kier alpha value is -1.82. The molecule has 6 heteroatoms. The fourth-order valence-electron chi connectivity index (χ4n) is 2.42. The van der Waals surface area contributed by atoms with Crippen LogP contribution in [0.4, 0.5) is 0 Å². The topological polar surface area (TPSA) is 71.8 Å². The lowest BCUT2D eigenvalue weighted by Gasteiger charge is -2.32. The van der Waals surface area contributed by atoms with E-state index in [1.54, 1.807) is 18.4 Å². The van der Waals surface area contributed by atoms with Crippen LogP contribution in [-0.2, 0) is 20.9 Å². The summed E-state index contributed by atoms with van der Waals surface area (Å²) in [6.07, 6.45) is 4.31. The van der Waals surface area contributed by atoms with E-state index in [0.717, 1.165) is 25.8 Å². The van der Waals surface area contributed by atoms with Crippen molar-refractivity contribution in [2.45, 2.75) is 31.8 Å². The van der Waals surface area contributed by atoms with E-state index in [1.165, 1.54) is 7.11 Å². The van der Waals surface area contributed by atoms with Crippen molar-refractivity contribution >= 4 is 11.9 Å². The van der Waals surface area contributed by atoms with Crippen LogP contribution in [0.2, 0.25) is 0 Å². The highest BCUT2D eigenvalue weighted by Gasteiger charge is 2.30. The minimum atomic E-state index is -0.303. The molecule has 1 unspecified atom stereocenters. The fourth-order valence-corrected chi connectivity index (χ4v) is 2.42. The van der Waals surface area contributed by atoms with E-state index in [0.29, 0.717) is 12.3 Å². The quantitative estimate of drug-likeness (QED) is 0.812. The summed E-state index contributed by atoms with van der Waals surface area (Å²) in [4.78, 5) is 25.5. The van der Waals surface area contributed by atoms with Gasteiger partial charge < -0.3 is 14.5 Å². The zero-order chi connectivity index (χ0) is 14.4. The van der Waals surface area contributed by atoms with Crippen molar-refractivity contribution in [3.05, 3.63) is 24.2 Å². The molecule has 2 rings (SSSR count). The Labute approximate surface area is 118 Å². The number of likely N-dealkylation sites (tertiary alicyclic amines) is 1. The van der Waals surface area contributed by atoms with Crippen LogP contribution in [0.15, 0.2) is 22.8 Å².